The highest BCUT2D eigenvalue weighted by Gasteiger charge is 2.63. The van der Waals surface area contributed by atoms with Gasteiger partial charge in [-0.05, 0) is 11.1 Å². The van der Waals surface area contributed by atoms with E-state index in [2.05, 4.69) is 5.32 Å². The molecule has 26 heavy (non-hydrogen) atoms. The van der Waals surface area contributed by atoms with Crippen molar-refractivity contribution in [3.8, 4) is 24.3 Å². The molecule has 2 aromatic rings. The van der Waals surface area contributed by atoms with Crippen molar-refractivity contribution in [2.24, 2.45) is 10.8 Å². The largest absolute Gasteiger partial charge is 0.381 e. The number of hydrogen-bond donors (Lipinski definition) is 1. The van der Waals surface area contributed by atoms with Crippen molar-refractivity contribution in [3.63, 3.8) is 0 Å². The molecule has 0 radical (unpaired) electrons. The fourth-order valence-corrected chi connectivity index (χ4v) is 3.38. The molecule has 1 aliphatic heterocycles. The third kappa shape index (κ3) is 2.13. The highest BCUT2D eigenvalue weighted by molar-refractivity contribution is 5.80. The van der Waals surface area contributed by atoms with Crippen molar-refractivity contribution >= 4 is 5.57 Å². The van der Waals surface area contributed by atoms with Gasteiger partial charge in [-0.15, -0.1) is 0 Å². The van der Waals surface area contributed by atoms with Gasteiger partial charge in [-0.3, -0.25) is 0 Å². The SMILES string of the molecule is N#CC1(C#N)C(c2ccccc2)=CNC(c2ccccc2)C1(C#N)C#N. The zero-order valence-corrected chi connectivity index (χ0v) is 13.7. The van der Waals surface area contributed by atoms with Gasteiger partial charge >= 0.3 is 0 Å². The van der Waals surface area contributed by atoms with E-state index < -0.39 is 16.9 Å². The van der Waals surface area contributed by atoms with Crippen molar-refractivity contribution in [1.29, 1.82) is 21.0 Å². The van der Waals surface area contributed by atoms with Crippen LogP contribution >= 0.6 is 0 Å². The molecule has 3 rings (SSSR count). The molecule has 5 nitrogen and oxygen atoms in total. The van der Waals surface area contributed by atoms with Crippen LogP contribution in [0, 0.1) is 56.2 Å². The van der Waals surface area contributed by atoms with Gasteiger partial charge in [-0.25, -0.2) is 0 Å². The summed E-state index contributed by atoms with van der Waals surface area (Å²) in [5.74, 6) is 0. The summed E-state index contributed by atoms with van der Waals surface area (Å²) in [6, 6.07) is 25.0. The lowest BCUT2D eigenvalue weighted by atomic mass is 9.55. The Morgan fingerprint density at radius 2 is 1.27 bits per heavy atom. The molecule has 1 atom stereocenters. The lowest BCUT2D eigenvalue weighted by Crippen LogP contribution is -2.51. The van der Waals surface area contributed by atoms with Crippen molar-refractivity contribution < 1.29 is 0 Å². The molecule has 1 unspecified atom stereocenters. The first-order valence-corrected chi connectivity index (χ1v) is 7.91. The van der Waals surface area contributed by atoms with E-state index in [0.717, 1.165) is 0 Å². The van der Waals surface area contributed by atoms with Crippen molar-refractivity contribution in [2.75, 3.05) is 0 Å². The normalized spacial score (nSPS) is 19.4. The Hall–Kier alpha value is -4.06. The van der Waals surface area contributed by atoms with Gasteiger partial charge in [-0.1, -0.05) is 60.7 Å². The molecule has 1 N–H and O–H groups in total. The molecule has 5 heteroatoms. The molecule has 0 amide bonds. The lowest BCUT2D eigenvalue weighted by Gasteiger charge is -2.43. The van der Waals surface area contributed by atoms with Crippen LogP contribution in [0.1, 0.15) is 17.2 Å². The van der Waals surface area contributed by atoms with E-state index in [1.54, 1.807) is 54.7 Å². The number of benzene rings is 2. The molecular formula is C21H13N5. The molecule has 0 spiro atoms. The van der Waals surface area contributed by atoms with Crippen molar-refractivity contribution in [2.45, 2.75) is 6.04 Å². The second kappa shape index (κ2) is 6.45. The first kappa shape index (κ1) is 16.8. The molecule has 0 saturated carbocycles. The van der Waals surface area contributed by atoms with Crippen LogP contribution in [0.5, 0.6) is 0 Å². The van der Waals surface area contributed by atoms with Crippen LogP contribution in [0.2, 0.25) is 0 Å². The maximum Gasteiger partial charge on any atom is 0.204 e. The Morgan fingerprint density at radius 3 is 1.77 bits per heavy atom. The number of nitrogens with zero attached hydrogens (tertiary/aromatic N) is 4. The number of allylic oxidation sites excluding steroid dienone is 1. The fourth-order valence-electron chi connectivity index (χ4n) is 3.38. The third-order valence-electron chi connectivity index (χ3n) is 4.73. The summed E-state index contributed by atoms with van der Waals surface area (Å²) < 4.78 is 0. The van der Waals surface area contributed by atoms with Gasteiger partial charge in [0, 0.05) is 11.8 Å². The number of rotatable bonds is 2. The van der Waals surface area contributed by atoms with Gasteiger partial charge in [-0.2, -0.15) is 21.0 Å². The average molecular weight is 335 g/mol. The standard InChI is InChI=1S/C21H13N5/c22-12-20(13-23)18(16-7-3-1-4-8-16)11-26-19(21(20,14-24)15-25)17-9-5-2-6-10-17/h1-11,19,26H. The third-order valence-corrected chi connectivity index (χ3v) is 4.73. The van der Waals surface area contributed by atoms with Crippen LogP contribution in [0.15, 0.2) is 66.9 Å². The van der Waals surface area contributed by atoms with E-state index in [9.17, 15) is 21.0 Å². The zero-order valence-electron chi connectivity index (χ0n) is 13.7. The van der Waals surface area contributed by atoms with Crippen LogP contribution in [-0.2, 0) is 0 Å². The maximum atomic E-state index is 9.99. The summed E-state index contributed by atoms with van der Waals surface area (Å²) in [6.45, 7) is 0. The van der Waals surface area contributed by atoms with Gasteiger partial charge < -0.3 is 5.32 Å². The minimum absolute atomic E-state index is 0.318. The van der Waals surface area contributed by atoms with Gasteiger partial charge in [0.15, 0.2) is 0 Å². The first-order valence-electron chi connectivity index (χ1n) is 7.91. The quantitative estimate of drug-likeness (QED) is 0.904. The molecule has 1 aliphatic rings. The smallest absolute Gasteiger partial charge is 0.204 e. The molecule has 0 aliphatic carbocycles. The first-order chi connectivity index (χ1) is 12.7. The molecule has 0 aromatic heterocycles. The van der Waals surface area contributed by atoms with E-state index >= 15 is 0 Å². The predicted molar refractivity (Wildman–Crippen MR) is 94.1 cm³/mol. The number of hydrogen-bond acceptors (Lipinski definition) is 5. The van der Waals surface area contributed by atoms with Crippen molar-refractivity contribution in [3.05, 3.63) is 78.0 Å². The summed E-state index contributed by atoms with van der Waals surface area (Å²) in [4.78, 5) is 0. The fraction of sp³-hybridized carbons (Fsp3) is 0.143. The lowest BCUT2D eigenvalue weighted by molar-refractivity contribution is 0.268. The molecule has 0 fully saturated rings. The van der Waals surface area contributed by atoms with Gasteiger partial charge in [0.2, 0.25) is 10.8 Å². The monoisotopic (exact) mass is 335 g/mol. The van der Waals surface area contributed by atoms with Gasteiger partial charge in [0.05, 0.1) is 30.3 Å². The van der Waals surface area contributed by atoms with Crippen LogP contribution < -0.4 is 5.32 Å². The zero-order chi connectivity index (χ0) is 18.6. The minimum atomic E-state index is -1.94. The maximum absolute atomic E-state index is 9.99. The average Bonchev–Trinajstić information content (AvgIpc) is 2.73. The Kier molecular flexibility index (Phi) is 4.16. The summed E-state index contributed by atoms with van der Waals surface area (Å²) >= 11 is 0. The van der Waals surface area contributed by atoms with Crippen LogP contribution in [0.3, 0.4) is 0 Å². The summed E-state index contributed by atoms with van der Waals surface area (Å²) in [5.41, 5.74) is -2.27. The Labute approximate surface area is 151 Å². The molecule has 0 saturated heterocycles. The molecule has 2 aromatic carbocycles. The second-order valence-corrected chi connectivity index (χ2v) is 5.94. The van der Waals surface area contributed by atoms with E-state index in [0.29, 0.717) is 16.7 Å². The van der Waals surface area contributed by atoms with Gasteiger partial charge in [0.1, 0.15) is 0 Å². The minimum Gasteiger partial charge on any atom is -0.381 e. The van der Waals surface area contributed by atoms with Crippen LogP contribution in [-0.4, -0.2) is 0 Å². The number of nitrogens with one attached hydrogen (secondary N) is 1. The van der Waals surface area contributed by atoms with E-state index in [1.165, 1.54) is 0 Å². The van der Waals surface area contributed by atoms with Crippen LogP contribution in [0.25, 0.3) is 5.57 Å². The highest BCUT2D eigenvalue weighted by Crippen LogP contribution is 2.56. The Morgan fingerprint density at radius 1 is 0.731 bits per heavy atom. The van der Waals surface area contributed by atoms with E-state index in [-0.39, 0.29) is 0 Å². The van der Waals surface area contributed by atoms with Crippen molar-refractivity contribution in [1.82, 2.24) is 5.32 Å². The topological polar surface area (TPSA) is 107 Å². The summed E-state index contributed by atoms with van der Waals surface area (Å²) in [5, 5.41) is 43.1. The molecule has 1 heterocycles. The van der Waals surface area contributed by atoms with Crippen LogP contribution in [0.4, 0.5) is 0 Å². The Balaban J connectivity index is 2.33. The Bertz CT molecular complexity index is 983. The van der Waals surface area contributed by atoms with E-state index in [4.69, 9.17) is 0 Å². The molecular weight excluding hydrogens is 322 g/mol. The second-order valence-electron chi connectivity index (χ2n) is 5.94. The summed E-state index contributed by atoms with van der Waals surface area (Å²) in [6.07, 6.45) is 1.58. The predicted octanol–water partition coefficient (Wildman–Crippen LogP) is 3.44. The summed E-state index contributed by atoms with van der Waals surface area (Å²) in [7, 11) is 0. The molecule has 122 valence electrons. The number of nitriles is 4. The van der Waals surface area contributed by atoms with Gasteiger partial charge in [0.25, 0.3) is 0 Å². The van der Waals surface area contributed by atoms with E-state index in [1.807, 2.05) is 36.4 Å². The molecule has 0 bridgehead atoms. The highest BCUT2D eigenvalue weighted by atomic mass is 15.0.